The largest absolute Gasteiger partial charge is 0.464 e. The van der Waals surface area contributed by atoms with Crippen molar-refractivity contribution in [2.45, 2.75) is 6.92 Å². The summed E-state index contributed by atoms with van der Waals surface area (Å²) in [4.78, 5) is 27.3. The van der Waals surface area contributed by atoms with Crippen molar-refractivity contribution in [2.75, 3.05) is 19.9 Å². The predicted molar refractivity (Wildman–Crippen MR) is 71.9 cm³/mol. The summed E-state index contributed by atoms with van der Waals surface area (Å²) >= 11 is 0. The molecular formula is C11H15N5O3. The fourth-order valence-corrected chi connectivity index (χ4v) is 1.37. The van der Waals surface area contributed by atoms with Crippen molar-refractivity contribution in [3.05, 3.63) is 27.8 Å². The van der Waals surface area contributed by atoms with Crippen LogP contribution in [0.1, 0.15) is 16.1 Å². The topological polar surface area (TPSA) is 126 Å². The van der Waals surface area contributed by atoms with Crippen molar-refractivity contribution in [2.24, 2.45) is 10.7 Å². The van der Waals surface area contributed by atoms with Gasteiger partial charge in [-0.3, -0.25) is 9.79 Å². The third-order valence-electron chi connectivity index (χ3n) is 2.43. The average Bonchev–Trinajstić information content (AvgIpc) is 2.42. The molecule has 0 atom stereocenters. The van der Waals surface area contributed by atoms with Crippen LogP contribution in [0.4, 0.5) is 5.69 Å². The van der Waals surface area contributed by atoms with Gasteiger partial charge in [0.2, 0.25) is 0 Å². The van der Waals surface area contributed by atoms with E-state index >= 15 is 0 Å². The fourth-order valence-electron chi connectivity index (χ4n) is 1.37. The molecule has 0 unspecified atom stereocenters. The highest BCUT2D eigenvalue weighted by Crippen LogP contribution is 2.12. The molecule has 0 amide bonds. The van der Waals surface area contributed by atoms with Gasteiger partial charge in [0.25, 0.3) is 5.56 Å². The summed E-state index contributed by atoms with van der Waals surface area (Å²) in [5.41, 5.74) is 10.8. The molecule has 1 heterocycles. The van der Waals surface area contributed by atoms with Crippen LogP contribution in [-0.2, 0) is 4.74 Å². The average molecular weight is 265 g/mol. The molecule has 0 radical (unpaired) electrons. The molecule has 0 bridgehead atoms. The third kappa shape index (κ3) is 2.62. The van der Waals surface area contributed by atoms with Gasteiger partial charge in [0.05, 0.1) is 12.8 Å². The summed E-state index contributed by atoms with van der Waals surface area (Å²) in [7, 11) is 2.71. The highest BCUT2D eigenvalue weighted by molar-refractivity contribution is 6.02. The standard InChI is InChI=1S/C11H15N5O3/c1-6-8(13)9(11(18)19-3)15-16(10(6)17)7(4-12)5-14-2/h4-5H,12-13H2,1-3H3. The molecule has 4 N–H and O–H groups in total. The molecule has 0 fully saturated rings. The number of rotatable bonds is 3. The van der Waals surface area contributed by atoms with Crippen molar-refractivity contribution in [3.63, 3.8) is 0 Å². The Balaban J connectivity index is 3.63. The van der Waals surface area contributed by atoms with E-state index in [9.17, 15) is 9.59 Å². The summed E-state index contributed by atoms with van der Waals surface area (Å²) in [6.45, 7) is 1.49. The predicted octanol–water partition coefficient (Wildman–Crippen LogP) is -0.622. The van der Waals surface area contributed by atoms with Crippen molar-refractivity contribution in [3.8, 4) is 0 Å². The first-order chi connectivity index (χ1) is 8.97. The van der Waals surface area contributed by atoms with Crippen molar-refractivity contribution in [1.29, 1.82) is 0 Å². The number of aliphatic imine (C=N–C) groups is 1. The van der Waals surface area contributed by atoms with E-state index in [0.717, 1.165) is 10.9 Å². The number of methoxy groups -OCH3 is 1. The molecule has 1 rings (SSSR count). The Hall–Kier alpha value is -2.64. The molecule has 1 aromatic rings. The summed E-state index contributed by atoms with van der Waals surface area (Å²) in [6, 6.07) is 0. The van der Waals surface area contributed by atoms with Crippen LogP contribution < -0.4 is 17.0 Å². The van der Waals surface area contributed by atoms with Crippen LogP contribution in [0.3, 0.4) is 0 Å². The lowest BCUT2D eigenvalue weighted by molar-refractivity contribution is 0.0593. The number of hydrogen-bond acceptors (Lipinski definition) is 7. The van der Waals surface area contributed by atoms with E-state index in [1.807, 2.05) is 0 Å². The van der Waals surface area contributed by atoms with Crippen LogP contribution in [0.2, 0.25) is 0 Å². The van der Waals surface area contributed by atoms with Gasteiger partial charge in [0.1, 0.15) is 5.70 Å². The Morgan fingerprint density at radius 2 is 2.16 bits per heavy atom. The molecule has 1 aromatic heterocycles. The lowest BCUT2D eigenvalue weighted by atomic mass is 10.2. The van der Waals surface area contributed by atoms with Crippen molar-refractivity contribution in [1.82, 2.24) is 9.78 Å². The fraction of sp³-hybridized carbons (Fsp3) is 0.273. The van der Waals surface area contributed by atoms with Crippen molar-refractivity contribution < 1.29 is 9.53 Å². The van der Waals surface area contributed by atoms with E-state index in [4.69, 9.17) is 11.5 Å². The molecule has 102 valence electrons. The second kappa shape index (κ2) is 5.80. The number of nitrogen functional groups attached to an aromatic ring is 1. The molecule has 0 spiro atoms. The van der Waals surface area contributed by atoms with E-state index < -0.39 is 11.5 Å². The molecule has 0 saturated heterocycles. The first kappa shape index (κ1) is 14.4. The zero-order valence-electron chi connectivity index (χ0n) is 10.9. The number of hydrogen-bond donors (Lipinski definition) is 2. The third-order valence-corrected chi connectivity index (χ3v) is 2.43. The number of anilines is 1. The number of nitrogens with zero attached hydrogens (tertiary/aromatic N) is 3. The first-order valence-electron chi connectivity index (χ1n) is 5.30. The lowest BCUT2D eigenvalue weighted by Crippen LogP contribution is -2.29. The molecule has 0 aliphatic carbocycles. The van der Waals surface area contributed by atoms with Gasteiger partial charge in [-0.25, -0.2) is 4.79 Å². The maximum Gasteiger partial charge on any atom is 0.360 e. The minimum atomic E-state index is -0.737. The normalized spacial score (nSPS) is 11.8. The van der Waals surface area contributed by atoms with Crippen LogP contribution >= 0.6 is 0 Å². The zero-order chi connectivity index (χ0) is 14.6. The summed E-state index contributed by atoms with van der Waals surface area (Å²) in [5, 5.41) is 3.86. The monoisotopic (exact) mass is 265 g/mol. The zero-order valence-corrected chi connectivity index (χ0v) is 10.9. The van der Waals surface area contributed by atoms with Gasteiger partial charge < -0.3 is 16.2 Å². The summed E-state index contributed by atoms with van der Waals surface area (Å²) in [6.07, 6.45) is 2.49. The highest BCUT2D eigenvalue weighted by Gasteiger charge is 2.19. The van der Waals surface area contributed by atoms with Crippen LogP contribution in [-0.4, -0.2) is 36.1 Å². The Bertz CT molecular complexity index is 615. The first-order valence-corrected chi connectivity index (χ1v) is 5.30. The van der Waals surface area contributed by atoms with Gasteiger partial charge in [-0.15, -0.1) is 0 Å². The molecule has 8 nitrogen and oxygen atoms in total. The van der Waals surface area contributed by atoms with E-state index in [2.05, 4.69) is 14.8 Å². The SMILES string of the molecule is CN=CC(=CN)n1nc(C(=O)OC)c(N)c(C)c1=O. The van der Waals surface area contributed by atoms with Crippen LogP contribution in [0.5, 0.6) is 0 Å². The lowest BCUT2D eigenvalue weighted by Gasteiger charge is -2.10. The number of allylic oxidation sites excluding steroid dienone is 1. The number of aromatic nitrogens is 2. The quantitative estimate of drug-likeness (QED) is 0.554. The Labute approximate surface area is 109 Å². The molecule has 0 saturated carbocycles. The number of ether oxygens (including phenoxy) is 1. The van der Waals surface area contributed by atoms with E-state index in [1.54, 1.807) is 0 Å². The number of nitrogens with two attached hydrogens (primary N) is 2. The molecule has 0 aliphatic heterocycles. The van der Waals surface area contributed by atoms with Gasteiger partial charge in [-0.1, -0.05) is 0 Å². The van der Waals surface area contributed by atoms with Gasteiger partial charge in [0, 0.05) is 25.0 Å². The van der Waals surface area contributed by atoms with Gasteiger partial charge in [0.15, 0.2) is 5.69 Å². The maximum atomic E-state index is 12.0. The van der Waals surface area contributed by atoms with Crippen LogP contribution in [0.25, 0.3) is 5.70 Å². The van der Waals surface area contributed by atoms with Gasteiger partial charge >= 0.3 is 5.97 Å². The van der Waals surface area contributed by atoms with Gasteiger partial charge in [-0.05, 0) is 6.92 Å². The minimum absolute atomic E-state index is 0.0158. The van der Waals surface area contributed by atoms with E-state index in [-0.39, 0.29) is 22.6 Å². The smallest absolute Gasteiger partial charge is 0.360 e. The number of carbonyl (C=O) groups excluding carboxylic acids is 1. The molecule has 19 heavy (non-hydrogen) atoms. The summed E-state index contributed by atoms with van der Waals surface area (Å²) < 4.78 is 5.51. The molecular weight excluding hydrogens is 250 g/mol. The second-order valence-corrected chi connectivity index (χ2v) is 3.57. The Kier molecular flexibility index (Phi) is 4.41. The minimum Gasteiger partial charge on any atom is -0.464 e. The van der Waals surface area contributed by atoms with E-state index in [1.165, 1.54) is 27.3 Å². The maximum absolute atomic E-state index is 12.0. The Morgan fingerprint density at radius 1 is 1.53 bits per heavy atom. The second-order valence-electron chi connectivity index (χ2n) is 3.57. The van der Waals surface area contributed by atoms with Crippen LogP contribution in [0.15, 0.2) is 16.0 Å². The summed E-state index contributed by atoms with van der Waals surface area (Å²) in [5.74, 6) is -0.737. The highest BCUT2D eigenvalue weighted by atomic mass is 16.5. The molecule has 8 heteroatoms. The van der Waals surface area contributed by atoms with Gasteiger partial charge in [-0.2, -0.15) is 9.78 Å². The van der Waals surface area contributed by atoms with E-state index in [0.29, 0.717) is 0 Å². The van der Waals surface area contributed by atoms with Crippen molar-refractivity contribution >= 4 is 23.6 Å². The van der Waals surface area contributed by atoms with Crippen LogP contribution in [0, 0.1) is 6.92 Å². The molecule has 0 aromatic carbocycles. The Morgan fingerprint density at radius 3 is 2.63 bits per heavy atom. The molecule has 0 aliphatic rings. The number of esters is 1. The number of carbonyl (C=O) groups is 1.